The van der Waals surface area contributed by atoms with Crippen molar-refractivity contribution in [2.75, 3.05) is 20.2 Å². The normalized spacial score (nSPS) is 20.1. The number of halogens is 1. The Bertz CT molecular complexity index is 1100. The van der Waals surface area contributed by atoms with Gasteiger partial charge in [0.15, 0.2) is 0 Å². The molecular formula is C23H27ClN2O6S. The predicted molar refractivity (Wildman–Crippen MR) is 124 cm³/mol. The van der Waals surface area contributed by atoms with Crippen LogP contribution in [0.2, 0.25) is 5.02 Å². The van der Waals surface area contributed by atoms with Gasteiger partial charge in [0.25, 0.3) is 5.91 Å². The van der Waals surface area contributed by atoms with Gasteiger partial charge in [-0.15, -0.1) is 0 Å². The first-order valence-electron chi connectivity index (χ1n) is 10.5. The Morgan fingerprint density at radius 3 is 2.39 bits per heavy atom. The molecule has 0 bridgehead atoms. The smallest absolute Gasteiger partial charge is 0.328 e. The molecule has 0 aromatic heterocycles. The lowest BCUT2D eigenvalue weighted by Gasteiger charge is -2.34. The van der Waals surface area contributed by atoms with Gasteiger partial charge < -0.3 is 14.8 Å². The summed E-state index contributed by atoms with van der Waals surface area (Å²) in [5, 5.41) is 2.65. The average Bonchev–Trinajstić information content (AvgIpc) is 2.78. The number of benzene rings is 2. The molecule has 1 heterocycles. The number of carbonyl (C=O) groups is 2. The van der Waals surface area contributed by atoms with E-state index in [-0.39, 0.29) is 47.2 Å². The second kappa shape index (κ2) is 10.6. The van der Waals surface area contributed by atoms with Gasteiger partial charge in [-0.2, -0.15) is 4.31 Å². The molecule has 0 unspecified atom stereocenters. The molecule has 178 valence electrons. The minimum atomic E-state index is -3.96. The number of esters is 1. The van der Waals surface area contributed by atoms with Crippen LogP contribution in [-0.4, -0.2) is 63.0 Å². The Kier molecular flexibility index (Phi) is 8.12. The van der Waals surface area contributed by atoms with Crippen LogP contribution in [0.25, 0.3) is 0 Å². The van der Waals surface area contributed by atoms with Crippen molar-refractivity contribution in [2.24, 2.45) is 0 Å². The molecule has 1 N–H and O–H groups in total. The summed E-state index contributed by atoms with van der Waals surface area (Å²) in [5.41, 5.74) is 0.900. The van der Waals surface area contributed by atoms with E-state index >= 15 is 0 Å². The number of rotatable bonds is 7. The number of sulfonamides is 1. The number of ether oxygens (including phenoxy) is 2. The van der Waals surface area contributed by atoms with Crippen LogP contribution in [0.5, 0.6) is 0 Å². The number of morpholine rings is 1. The summed E-state index contributed by atoms with van der Waals surface area (Å²) in [4.78, 5) is 25.0. The van der Waals surface area contributed by atoms with E-state index in [0.29, 0.717) is 0 Å². The molecule has 1 fully saturated rings. The van der Waals surface area contributed by atoms with Crippen molar-refractivity contribution in [1.82, 2.24) is 9.62 Å². The lowest BCUT2D eigenvalue weighted by molar-refractivity contribution is -0.142. The molecule has 1 aliphatic rings. The van der Waals surface area contributed by atoms with E-state index in [1.165, 1.54) is 29.6 Å². The molecular weight excluding hydrogens is 468 g/mol. The fourth-order valence-corrected chi connectivity index (χ4v) is 5.83. The minimum absolute atomic E-state index is 0.00662. The maximum Gasteiger partial charge on any atom is 0.328 e. The van der Waals surface area contributed by atoms with E-state index in [1.807, 2.05) is 30.3 Å². The number of methoxy groups -OCH3 is 1. The number of hydrogen-bond donors (Lipinski definition) is 1. The van der Waals surface area contributed by atoms with Crippen molar-refractivity contribution in [3.05, 3.63) is 64.7 Å². The Morgan fingerprint density at radius 1 is 1.15 bits per heavy atom. The summed E-state index contributed by atoms with van der Waals surface area (Å²) in [6, 6.07) is 12.2. The topological polar surface area (TPSA) is 102 Å². The zero-order valence-corrected chi connectivity index (χ0v) is 20.2. The van der Waals surface area contributed by atoms with E-state index in [4.69, 9.17) is 21.1 Å². The standard InChI is InChI=1S/C23H27ClN2O6S/c1-15-13-26(14-16(2)32-15)33(29,30)21-12-18(9-10-19(21)24)22(27)25-20(23(28)31-3)11-17-7-5-4-6-8-17/h4-10,12,15-16,20H,11,13-14H2,1-3H3,(H,25,27)/t15-,16+,20-/m1/s1. The third kappa shape index (κ3) is 6.11. The Morgan fingerprint density at radius 2 is 1.79 bits per heavy atom. The minimum Gasteiger partial charge on any atom is -0.467 e. The molecule has 1 saturated heterocycles. The Hall–Kier alpha value is -2.46. The first-order valence-corrected chi connectivity index (χ1v) is 12.3. The molecule has 10 heteroatoms. The van der Waals surface area contributed by atoms with Gasteiger partial charge in [0, 0.05) is 25.1 Å². The van der Waals surface area contributed by atoms with Crippen molar-refractivity contribution in [3.63, 3.8) is 0 Å². The number of nitrogens with one attached hydrogen (secondary N) is 1. The Labute approximate surface area is 198 Å². The first kappa shape index (κ1) is 25.2. The maximum absolute atomic E-state index is 13.3. The lowest BCUT2D eigenvalue weighted by Crippen LogP contribution is -2.48. The summed E-state index contributed by atoms with van der Waals surface area (Å²) in [6.07, 6.45) is -0.318. The van der Waals surface area contributed by atoms with E-state index in [0.717, 1.165) is 5.56 Å². The third-order valence-corrected chi connectivity index (χ3v) is 7.58. The van der Waals surface area contributed by atoms with Crippen LogP contribution in [0.4, 0.5) is 0 Å². The molecule has 3 rings (SSSR count). The second-order valence-corrected chi connectivity index (χ2v) is 10.3. The average molecular weight is 495 g/mol. The predicted octanol–water partition coefficient (Wildman–Crippen LogP) is 2.65. The van der Waals surface area contributed by atoms with Crippen molar-refractivity contribution >= 4 is 33.5 Å². The highest BCUT2D eigenvalue weighted by molar-refractivity contribution is 7.89. The second-order valence-electron chi connectivity index (χ2n) is 7.96. The fraction of sp³-hybridized carbons (Fsp3) is 0.391. The highest BCUT2D eigenvalue weighted by Gasteiger charge is 2.34. The quantitative estimate of drug-likeness (QED) is 0.594. The van der Waals surface area contributed by atoms with Crippen molar-refractivity contribution in [1.29, 1.82) is 0 Å². The van der Waals surface area contributed by atoms with E-state index in [1.54, 1.807) is 13.8 Å². The lowest BCUT2D eigenvalue weighted by atomic mass is 10.1. The van der Waals surface area contributed by atoms with Gasteiger partial charge in [0.05, 0.1) is 24.3 Å². The van der Waals surface area contributed by atoms with Crippen molar-refractivity contribution in [2.45, 2.75) is 43.4 Å². The van der Waals surface area contributed by atoms with Gasteiger partial charge in [-0.3, -0.25) is 4.79 Å². The van der Waals surface area contributed by atoms with E-state index in [2.05, 4.69) is 5.32 Å². The molecule has 3 atom stereocenters. The highest BCUT2D eigenvalue weighted by atomic mass is 35.5. The highest BCUT2D eigenvalue weighted by Crippen LogP contribution is 2.28. The van der Waals surface area contributed by atoms with Crippen LogP contribution >= 0.6 is 11.6 Å². The van der Waals surface area contributed by atoms with Crippen LogP contribution in [-0.2, 0) is 30.7 Å². The van der Waals surface area contributed by atoms with Crippen LogP contribution in [0.15, 0.2) is 53.4 Å². The molecule has 0 aliphatic carbocycles. The number of nitrogens with zero attached hydrogens (tertiary/aromatic N) is 1. The molecule has 0 saturated carbocycles. The van der Waals surface area contributed by atoms with Gasteiger partial charge in [-0.1, -0.05) is 41.9 Å². The number of hydrogen-bond acceptors (Lipinski definition) is 6. The van der Waals surface area contributed by atoms with Crippen molar-refractivity contribution < 1.29 is 27.5 Å². The monoisotopic (exact) mass is 494 g/mol. The molecule has 1 aliphatic heterocycles. The fourth-order valence-electron chi connectivity index (χ4n) is 3.74. The van der Waals surface area contributed by atoms with Gasteiger partial charge >= 0.3 is 5.97 Å². The molecule has 0 spiro atoms. The molecule has 2 aromatic rings. The molecule has 1 amide bonds. The van der Waals surface area contributed by atoms with Crippen molar-refractivity contribution in [3.8, 4) is 0 Å². The largest absolute Gasteiger partial charge is 0.467 e. The molecule has 8 nitrogen and oxygen atoms in total. The van der Waals surface area contributed by atoms with Gasteiger partial charge in [-0.05, 0) is 37.6 Å². The van der Waals surface area contributed by atoms with Crippen LogP contribution < -0.4 is 5.32 Å². The summed E-state index contributed by atoms with van der Waals surface area (Å²) in [6.45, 7) is 3.95. The molecule has 0 radical (unpaired) electrons. The summed E-state index contributed by atoms with van der Waals surface area (Å²) in [7, 11) is -2.72. The summed E-state index contributed by atoms with van der Waals surface area (Å²) < 4.78 is 38.3. The SMILES string of the molecule is COC(=O)[C@@H](Cc1ccccc1)NC(=O)c1ccc(Cl)c(S(=O)(=O)N2C[C@@H](C)O[C@@H](C)C2)c1. The summed E-state index contributed by atoms with van der Waals surface area (Å²) >= 11 is 6.22. The van der Waals surface area contributed by atoms with Crippen LogP contribution in [0.1, 0.15) is 29.8 Å². The van der Waals surface area contributed by atoms with Gasteiger partial charge in [-0.25, -0.2) is 13.2 Å². The Balaban J connectivity index is 1.85. The number of carbonyl (C=O) groups excluding carboxylic acids is 2. The maximum atomic E-state index is 13.3. The van der Waals surface area contributed by atoms with Gasteiger partial charge in [0.1, 0.15) is 10.9 Å². The number of amides is 1. The third-order valence-electron chi connectivity index (χ3n) is 5.27. The van der Waals surface area contributed by atoms with Crippen LogP contribution in [0, 0.1) is 0 Å². The first-order chi connectivity index (χ1) is 15.6. The zero-order valence-electron chi connectivity index (χ0n) is 18.7. The van der Waals surface area contributed by atoms with E-state index < -0.39 is 27.9 Å². The molecule has 33 heavy (non-hydrogen) atoms. The zero-order chi connectivity index (χ0) is 24.2. The summed E-state index contributed by atoms with van der Waals surface area (Å²) in [5.74, 6) is -1.22. The van der Waals surface area contributed by atoms with Crippen LogP contribution in [0.3, 0.4) is 0 Å². The molecule has 2 aromatic carbocycles. The van der Waals surface area contributed by atoms with E-state index in [9.17, 15) is 18.0 Å². The van der Waals surface area contributed by atoms with Gasteiger partial charge in [0.2, 0.25) is 10.0 Å².